The average molecular weight is 355 g/mol. The number of piperidine rings is 1. The van der Waals surface area contributed by atoms with Crippen LogP contribution in [0.25, 0.3) is 0 Å². The predicted octanol–water partition coefficient (Wildman–Crippen LogP) is 3.34. The lowest BCUT2D eigenvalue weighted by atomic mass is 10.1. The van der Waals surface area contributed by atoms with Gasteiger partial charge in [-0.1, -0.05) is 6.07 Å². The SMILES string of the molecule is COc1ccc(CNc2cc(C(=O)N3CCCCC3)ccn2)cc1OC. The number of likely N-dealkylation sites (tertiary alicyclic amines) is 1. The first-order chi connectivity index (χ1) is 12.7. The van der Waals surface area contributed by atoms with Crippen LogP contribution in [-0.4, -0.2) is 43.1 Å². The van der Waals surface area contributed by atoms with Crippen LogP contribution in [0.15, 0.2) is 36.5 Å². The number of rotatable bonds is 6. The van der Waals surface area contributed by atoms with E-state index in [0.717, 1.165) is 31.5 Å². The van der Waals surface area contributed by atoms with E-state index in [-0.39, 0.29) is 5.91 Å². The van der Waals surface area contributed by atoms with Gasteiger partial charge in [-0.25, -0.2) is 4.98 Å². The van der Waals surface area contributed by atoms with E-state index < -0.39 is 0 Å². The molecule has 138 valence electrons. The standard InChI is InChI=1S/C20H25N3O3/c1-25-17-7-6-15(12-18(17)26-2)14-22-19-13-16(8-9-21-19)20(24)23-10-4-3-5-11-23/h6-9,12-13H,3-5,10-11,14H2,1-2H3,(H,21,22). The molecule has 26 heavy (non-hydrogen) atoms. The largest absolute Gasteiger partial charge is 0.493 e. The molecule has 0 atom stereocenters. The van der Waals surface area contributed by atoms with E-state index in [1.807, 2.05) is 29.2 Å². The van der Waals surface area contributed by atoms with Crippen LogP contribution in [-0.2, 0) is 6.54 Å². The summed E-state index contributed by atoms with van der Waals surface area (Å²) < 4.78 is 10.6. The van der Waals surface area contributed by atoms with Crippen molar-refractivity contribution in [2.24, 2.45) is 0 Å². The van der Waals surface area contributed by atoms with Gasteiger partial charge in [0.2, 0.25) is 0 Å². The molecule has 1 aliphatic heterocycles. The molecule has 2 aromatic rings. The Hall–Kier alpha value is -2.76. The first-order valence-electron chi connectivity index (χ1n) is 8.91. The van der Waals surface area contributed by atoms with E-state index in [4.69, 9.17) is 9.47 Å². The summed E-state index contributed by atoms with van der Waals surface area (Å²) in [6.45, 7) is 2.26. The summed E-state index contributed by atoms with van der Waals surface area (Å²) in [5, 5.41) is 3.27. The zero-order valence-corrected chi connectivity index (χ0v) is 15.3. The molecule has 2 heterocycles. The van der Waals surface area contributed by atoms with Crippen molar-refractivity contribution in [2.75, 3.05) is 32.6 Å². The molecule has 0 spiro atoms. The molecule has 0 aliphatic carbocycles. The lowest BCUT2D eigenvalue weighted by molar-refractivity contribution is 0.0724. The number of hydrogen-bond acceptors (Lipinski definition) is 5. The van der Waals surface area contributed by atoms with Crippen LogP contribution in [0.2, 0.25) is 0 Å². The Morgan fingerprint density at radius 2 is 1.85 bits per heavy atom. The van der Waals surface area contributed by atoms with Crippen LogP contribution < -0.4 is 14.8 Å². The van der Waals surface area contributed by atoms with Gasteiger partial charge in [0.1, 0.15) is 5.82 Å². The minimum absolute atomic E-state index is 0.0845. The number of aromatic nitrogens is 1. The molecule has 1 aromatic carbocycles. The number of hydrogen-bond donors (Lipinski definition) is 1. The summed E-state index contributed by atoms with van der Waals surface area (Å²) in [5.41, 5.74) is 1.72. The Morgan fingerprint density at radius 1 is 1.08 bits per heavy atom. The Balaban J connectivity index is 1.66. The molecule has 6 nitrogen and oxygen atoms in total. The van der Waals surface area contributed by atoms with Crippen molar-refractivity contribution < 1.29 is 14.3 Å². The van der Waals surface area contributed by atoms with Crippen LogP contribution in [0.3, 0.4) is 0 Å². The third-order valence-electron chi connectivity index (χ3n) is 4.57. The van der Waals surface area contributed by atoms with Crippen molar-refractivity contribution >= 4 is 11.7 Å². The van der Waals surface area contributed by atoms with E-state index in [1.165, 1.54) is 6.42 Å². The third-order valence-corrected chi connectivity index (χ3v) is 4.57. The molecular formula is C20H25N3O3. The van der Waals surface area contributed by atoms with Gasteiger partial charge in [-0.2, -0.15) is 0 Å². The van der Waals surface area contributed by atoms with E-state index in [0.29, 0.717) is 29.4 Å². The number of carbonyl (C=O) groups excluding carboxylic acids is 1. The summed E-state index contributed by atoms with van der Waals surface area (Å²) in [6, 6.07) is 9.36. The number of ether oxygens (including phenoxy) is 2. The average Bonchev–Trinajstić information content (AvgIpc) is 2.72. The van der Waals surface area contributed by atoms with Gasteiger partial charge in [0.15, 0.2) is 11.5 Å². The molecule has 1 aromatic heterocycles. The van der Waals surface area contributed by atoms with E-state index in [1.54, 1.807) is 26.5 Å². The first-order valence-corrected chi connectivity index (χ1v) is 8.91. The molecule has 1 aliphatic rings. The maximum absolute atomic E-state index is 12.6. The lowest BCUT2D eigenvalue weighted by Crippen LogP contribution is -2.35. The highest BCUT2D eigenvalue weighted by molar-refractivity contribution is 5.94. The minimum Gasteiger partial charge on any atom is -0.493 e. The molecule has 6 heteroatoms. The fraction of sp³-hybridized carbons (Fsp3) is 0.400. The summed E-state index contributed by atoms with van der Waals surface area (Å²) in [6.07, 6.45) is 5.05. The normalized spacial score (nSPS) is 14.0. The molecule has 1 N–H and O–H groups in total. The monoisotopic (exact) mass is 355 g/mol. The van der Waals surface area contributed by atoms with Gasteiger partial charge in [-0.3, -0.25) is 4.79 Å². The highest BCUT2D eigenvalue weighted by Crippen LogP contribution is 2.27. The maximum Gasteiger partial charge on any atom is 0.254 e. The van der Waals surface area contributed by atoms with Crippen LogP contribution in [0.5, 0.6) is 11.5 Å². The van der Waals surface area contributed by atoms with Gasteiger partial charge in [0, 0.05) is 31.4 Å². The molecule has 0 saturated carbocycles. The first kappa shape index (κ1) is 18.0. The van der Waals surface area contributed by atoms with Gasteiger partial charge < -0.3 is 19.7 Å². The number of methoxy groups -OCH3 is 2. The number of carbonyl (C=O) groups is 1. The molecule has 0 radical (unpaired) electrons. The number of pyridine rings is 1. The van der Waals surface area contributed by atoms with Gasteiger partial charge in [-0.05, 0) is 49.1 Å². The third kappa shape index (κ3) is 4.25. The smallest absolute Gasteiger partial charge is 0.254 e. The van der Waals surface area contributed by atoms with Crippen molar-refractivity contribution in [1.82, 2.24) is 9.88 Å². The summed E-state index contributed by atoms with van der Waals surface area (Å²) in [4.78, 5) is 18.9. The highest BCUT2D eigenvalue weighted by atomic mass is 16.5. The topological polar surface area (TPSA) is 63.7 Å². The second-order valence-corrected chi connectivity index (χ2v) is 6.33. The quantitative estimate of drug-likeness (QED) is 0.861. The van der Waals surface area contributed by atoms with Crippen LogP contribution >= 0.6 is 0 Å². The van der Waals surface area contributed by atoms with Crippen LogP contribution in [0, 0.1) is 0 Å². The van der Waals surface area contributed by atoms with Gasteiger partial charge in [-0.15, -0.1) is 0 Å². The Kier molecular flexibility index (Phi) is 5.94. The summed E-state index contributed by atoms with van der Waals surface area (Å²) in [7, 11) is 3.23. The number of amides is 1. The lowest BCUT2D eigenvalue weighted by Gasteiger charge is -2.26. The van der Waals surface area contributed by atoms with Crippen molar-refractivity contribution in [1.29, 1.82) is 0 Å². The Bertz CT molecular complexity index is 758. The molecule has 0 unspecified atom stereocenters. The van der Waals surface area contributed by atoms with Crippen molar-refractivity contribution in [3.05, 3.63) is 47.7 Å². The molecule has 1 fully saturated rings. The van der Waals surface area contributed by atoms with Crippen molar-refractivity contribution in [2.45, 2.75) is 25.8 Å². The van der Waals surface area contributed by atoms with Crippen LogP contribution in [0.4, 0.5) is 5.82 Å². The van der Waals surface area contributed by atoms with Gasteiger partial charge in [0.05, 0.1) is 14.2 Å². The fourth-order valence-electron chi connectivity index (χ4n) is 3.12. The number of anilines is 1. The van der Waals surface area contributed by atoms with Gasteiger partial charge in [0.25, 0.3) is 5.91 Å². The fourth-order valence-corrected chi connectivity index (χ4v) is 3.12. The highest BCUT2D eigenvalue weighted by Gasteiger charge is 2.18. The number of nitrogens with one attached hydrogen (secondary N) is 1. The maximum atomic E-state index is 12.6. The van der Waals surface area contributed by atoms with Crippen molar-refractivity contribution in [3.8, 4) is 11.5 Å². The predicted molar refractivity (Wildman–Crippen MR) is 101 cm³/mol. The second kappa shape index (κ2) is 8.56. The Morgan fingerprint density at radius 3 is 2.58 bits per heavy atom. The summed E-state index contributed by atoms with van der Waals surface area (Å²) >= 11 is 0. The van der Waals surface area contributed by atoms with Crippen LogP contribution in [0.1, 0.15) is 35.2 Å². The second-order valence-electron chi connectivity index (χ2n) is 6.33. The number of nitrogens with zero attached hydrogens (tertiary/aromatic N) is 2. The minimum atomic E-state index is 0.0845. The number of benzene rings is 1. The molecule has 1 amide bonds. The van der Waals surface area contributed by atoms with E-state index >= 15 is 0 Å². The zero-order valence-electron chi connectivity index (χ0n) is 15.3. The van der Waals surface area contributed by atoms with Gasteiger partial charge >= 0.3 is 0 Å². The van der Waals surface area contributed by atoms with Crippen molar-refractivity contribution in [3.63, 3.8) is 0 Å². The zero-order chi connectivity index (χ0) is 18.4. The molecular weight excluding hydrogens is 330 g/mol. The van der Waals surface area contributed by atoms with E-state index in [2.05, 4.69) is 10.3 Å². The molecule has 0 bridgehead atoms. The molecule has 1 saturated heterocycles. The molecule has 3 rings (SSSR count). The van der Waals surface area contributed by atoms with E-state index in [9.17, 15) is 4.79 Å². The Labute approximate surface area is 154 Å². The summed E-state index contributed by atoms with van der Waals surface area (Å²) in [5.74, 6) is 2.15.